The quantitative estimate of drug-likeness (QED) is 0.256. The molecule has 3 aromatic carbocycles. The number of methoxy groups -OCH3 is 1. The maximum atomic E-state index is 14.4. The highest BCUT2D eigenvalue weighted by molar-refractivity contribution is 5.99. The number of fused-ring (bicyclic) bond motifs is 1. The highest BCUT2D eigenvalue weighted by Crippen LogP contribution is 2.31. The van der Waals surface area contributed by atoms with Crippen LogP contribution in [0.3, 0.4) is 0 Å². The second kappa shape index (κ2) is 13.2. The van der Waals surface area contributed by atoms with Crippen molar-refractivity contribution in [2.24, 2.45) is 0 Å². The monoisotopic (exact) mass is 586 g/mol. The van der Waals surface area contributed by atoms with Crippen molar-refractivity contribution in [1.82, 2.24) is 20.1 Å². The first-order valence-electron chi connectivity index (χ1n) is 14.5. The molecule has 10 heteroatoms. The Morgan fingerprint density at radius 3 is 2.47 bits per heavy atom. The summed E-state index contributed by atoms with van der Waals surface area (Å²) in [6, 6.07) is 19.0. The molecular weight excluding hydrogens is 547 g/mol. The van der Waals surface area contributed by atoms with E-state index in [1.807, 2.05) is 79.5 Å². The van der Waals surface area contributed by atoms with Gasteiger partial charge in [0.1, 0.15) is 17.6 Å². The highest BCUT2D eigenvalue weighted by Gasteiger charge is 2.33. The van der Waals surface area contributed by atoms with Gasteiger partial charge in [0.05, 0.1) is 18.5 Å². The number of H-pyrrole nitrogens is 1. The number of carbonyl (C=O) groups excluding carboxylic acids is 2. The lowest BCUT2D eigenvalue weighted by Gasteiger charge is -2.37. The zero-order valence-corrected chi connectivity index (χ0v) is 25.1. The van der Waals surface area contributed by atoms with Crippen LogP contribution in [0, 0.1) is 5.82 Å². The lowest BCUT2D eigenvalue weighted by atomic mass is 9.92. The number of rotatable bonds is 9. The van der Waals surface area contributed by atoms with Crippen LogP contribution in [0.1, 0.15) is 24.0 Å². The number of benzene rings is 3. The van der Waals surface area contributed by atoms with E-state index >= 15 is 0 Å². The second-order valence-corrected chi connectivity index (χ2v) is 11.2. The molecular formula is C33H39FN6O3. The predicted molar refractivity (Wildman–Crippen MR) is 168 cm³/mol. The standard InChI is InChI=1S/C33H39FN6O3/c1-22(25-20-35-27-11-7-5-9-24(25)27)31(32(41)36-28-19-23(21-38(2)3)13-14-30(28)43-4)37-33(42)40-17-15-39(16-18-40)29-12-8-6-10-26(29)34/h5-14,19-20,22,31,35H,15-18,21H2,1-4H3,(H,36,41)(H,37,42)/t22-,31+/m0/s1. The molecule has 3 N–H and O–H groups in total. The summed E-state index contributed by atoms with van der Waals surface area (Å²) in [6.45, 7) is 4.40. The Bertz CT molecular complexity index is 1580. The third kappa shape index (κ3) is 6.75. The molecule has 4 aromatic rings. The number of carbonyl (C=O) groups is 2. The number of aromatic nitrogens is 1. The van der Waals surface area contributed by atoms with Gasteiger partial charge >= 0.3 is 6.03 Å². The SMILES string of the molecule is COc1ccc(CN(C)C)cc1NC(=O)[C@H](NC(=O)N1CCN(c2ccccc2F)CC1)[C@@H](C)c1c[nH]c2ccccc12. The fourth-order valence-electron chi connectivity index (χ4n) is 5.68. The zero-order chi connectivity index (χ0) is 30.5. The largest absolute Gasteiger partial charge is 0.495 e. The van der Waals surface area contributed by atoms with E-state index in [0.29, 0.717) is 49.8 Å². The van der Waals surface area contributed by atoms with E-state index in [1.165, 1.54) is 6.07 Å². The molecule has 1 aromatic heterocycles. The van der Waals surface area contributed by atoms with Crippen LogP contribution in [0.2, 0.25) is 0 Å². The first-order valence-corrected chi connectivity index (χ1v) is 14.5. The average Bonchev–Trinajstić information content (AvgIpc) is 3.44. The number of nitrogens with one attached hydrogen (secondary N) is 3. The van der Waals surface area contributed by atoms with Crippen LogP contribution in [-0.2, 0) is 11.3 Å². The van der Waals surface area contributed by atoms with E-state index in [1.54, 1.807) is 30.2 Å². The van der Waals surface area contributed by atoms with Crippen molar-refractivity contribution >= 4 is 34.2 Å². The number of hydrogen-bond acceptors (Lipinski definition) is 5. The third-order valence-electron chi connectivity index (χ3n) is 7.95. The van der Waals surface area contributed by atoms with Crippen molar-refractivity contribution < 1.29 is 18.7 Å². The maximum absolute atomic E-state index is 14.4. The third-order valence-corrected chi connectivity index (χ3v) is 7.95. The van der Waals surface area contributed by atoms with E-state index < -0.39 is 6.04 Å². The van der Waals surface area contributed by atoms with Crippen molar-refractivity contribution in [2.45, 2.75) is 25.4 Å². The van der Waals surface area contributed by atoms with Crippen LogP contribution in [0.25, 0.3) is 10.9 Å². The molecule has 0 spiro atoms. The Morgan fingerprint density at radius 2 is 1.74 bits per heavy atom. The lowest BCUT2D eigenvalue weighted by molar-refractivity contribution is -0.118. The summed E-state index contributed by atoms with van der Waals surface area (Å²) in [7, 11) is 5.52. The summed E-state index contributed by atoms with van der Waals surface area (Å²) < 4.78 is 19.9. The fraction of sp³-hybridized carbons (Fsp3) is 0.333. The molecule has 3 amide bonds. The van der Waals surface area contributed by atoms with Crippen molar-refractivity contribution in [3.05, 3.63) is 89.9 Å². The second-order valence-electron chi connectivity index (χ2n) is 11.2. The van der Waals surface area contributed by atoms with Gasteiger partial charge in [0.2, 0.25) is 5.91 Å². The molecule has 0 bridgehead atoms. The molecule has 1 aliphatic heterocycles. The van der Waals surface area contributed by atoms with Gasteiger partial charge in [-0.25, -0.2) is 9.18 Å². The Kier molecular flexibility index (Phi) is 9.16. The van der Waals surface area contributed by atoms with Crippen LogP contribution < -0.4 is 20.3 Å². The molecule has 1 fully saturated rings. The predicted octanol–water partition coefficient (Wildman–Crippen LogP) is 5.02. The number of nitrogens with zero attached hydrogens (tertiary/aromatic N) is 3. The summed E-state index contributed by atoms with van der Waals surface area (Å²) in [5.41, 5.74) is 3.96. The van der Waals surface area contributed by atoms with Crippen LogP contribution in [0.4, 0.5) is 20.6 Å². The Hall–Kier alpha value is -4.57. The summed E-state index contributed by atoms with van der Waals surface area (Å²) in [5.74, 6) is -0.466. The first kappa shape index (κ1) is 29.9. The van der Waals surface area contributed by atoms with Crippen LogP contribution in [0.15, 0.2) is 72.9 Å². The summed E-state index contributed by atoms with van der Waals surface area (Å²) in [5, 5.41) is 7.05. The topological polar surface area (TPSA) is 92.9 Å². The molecule has 0 aliphatic carbocycles. The number of halogens is 1. The van der Waals surface area contributed by atoms with Crippen LogP contribution >= 0.6 is 0 Å². The van der Waals surface area contributed by atoms with Crippen LogP contribution in [0.5, 0.6) is 5.75 Å². The number of aromatic amines is 1. The summed E-state index contributed by atoms with van der Waals surface area (Å²) in [6.07, 6.45) is 1.90. The zero-order valence-electron chi connectivity index (χ0n) is 25.1. The fourth-order valence-corrected chi connectivity index (χ4v) is 5.68. The van der Waals surface area contributed by atoms with E-state index in [-0.39, 0.29) is 23.7 Å². The molecule has 5 rings (SSSR count). The Labute approximate surface area is 251 Å². The van der Waals surface area contributed by atoms with E-state index in [4.69, 9.17) is 4.74 Å². The van der Waals surface area contributed by atoms with Gasteiger partial charge in [0.15, 0.2) is 0 Å². The normalized spacial score (nSPS) is 14.9. The molecule has 0 unspecified atom stereocenters. The molecule has 2 atom stereocenters. The molecule has 1 aliphatic rings. The number of piperazine rings is 1. The van der Waals surface area contributed by atoms with Gasteiger partial charge in [-0.2, -0.15) is 0 Å². The van der Waals surface area contributed by atoms with Gasteiger partial charge in [0, 0.05) is 55.7 Å². The Morgan fingerprint density at radius 1 is 1.02 bits per heavy atom. The van der Waals surface area contributed by atoms with Crippen molar-refractivity contribution in [2.75, 3.05) is 57.6 Å². The minimum absolute atomic E-state index is 0.283. The molecule has 43 heavy (non-hydrogen) atoms. The highest BCUT2D eigenvalue weighted by atomic mass is 19.1. The number of urea groups is 1. The van der Waals surface area contributed by atoms with Gasteiger partial charge in [-0.05, 0) is 55.6 Å². The van der Waals surface area contributed by atoms with E-state index in [9.17, 15) is 14.0 Å². The minimum Gasteiger partial charge on any atom is -0.495 e. The average molecular weight is 587 g/mol. The van der Waals surface area contributed by atoms with Gasteiger partial charge in [0.25, 0.3) is 0 Å². The first-order chi connectivity index (χ1) is 20.7. The van der Waals surface area contributed by atoms with E-state index in [2.05, 4.69) is 15.6 Å². The lowest BCUT2D eigenvalue weighted by Crippen LogP contribution is -2.56. The molecule has 226 valence electrons. The van der Waals surface area contributed by atoms with Crippen LogP contribution in [-0.4, -0.2) is 80.1 Å². The summed E-state index contributed by atoms with van der Waals surface area (Å²) in [4.78, 5) is 36.6. The smallest absolute Gasteiger partial charge is 0.318 e. The summed E-state index contributed by atoms with van der Waals surface area (Å²) >= 11 is 0. The van der Waals surface area contributed by atoms with Gasteiger partial charge in [-0.1, -0.05) is 43.3 Å². The van der Waals surface area contributed by atoms with Gasteiger partial charge in [-0.15, -0.1) is 0 Å². The molecule has 9 nitrogen and oxygen atoms in total. The molecule has 0 radical (unpaired) electrons. The van der Waals surface area contributed by atoms with Crippen molar-refractivity contribution in [1.29, 1.82) is 0 Å². The Balaban J connectivity index is 1.37. The maximum Gasteiger partial charge on any atom is 0.318 e. The number of amides is 3. The van der Waals surface area contributed by atoms with E-state index in [0.717, 1.165) is 22.0 Å². The number of anilines is 2. The molecule has 1 saturated heterocycles. The number of ether oxygens (including phenoxy) is 1. The van der Waals surface area contributed by atoms with Crippen molar-refractivity contribution in [3.63, 3.8) is 0 Å². The molecule has 2 heterocycles. The molecule has 0 saturated carbocycles. The number of para-hydroxylation sites is 2. The minimum atomic E-state index is -0.890. The van der Waals surface area contributed by atoms with Gasteiger partial charge < -0.3 is 35.1 Å². The number of hydrogen-bond donors (Lipinski definition) is 3. The van der Waals surface area contributed by atoms with Gasteiger partial charge in [-0.3, -0.25) is 4.79 Å². The van der Waals surface area contributed by atoms with Crippen molar-refractivity contribution in [3.8, 4) is 5.75 Å².